The largest absolute Gasteiger partial charge is 0.394 e. The zero-order chi connectivity index (χ0) is 28.0. The molecule has 1 amide bonds. The van der Waals surface area contributed by atoms with Crippen molar-refractivity contribution >= 4 is 5.91 Å². The van der Waals surface area contributed by atoms with Crippen LogP contribution in [0.1, 0.15) is 33.1 Å². The van der Waals surface area contributed by atoms with Gasteiger partial charge in [0.25, 0.3) is 0 Å². The van der Waals surface area contributed by atoms with Crippen molar-refractivity contribution in [3.63, 3.8) is 0 Å². The fraction of sp³-hybridized carbons (Fsp3) is 0.955. The van der Waals surface area contributed by atoms with Crippen molar-refractivity contribution in [2.45, 2.75) is 94.7 Å². The zero-order valence-corrected chi connectivity index (χ0v) is 21.3. The van der Waals surface area contributed by atoms with Crippen molar-refractivity contribution in [2.75, 3.05) is 39.5 Å². The van der Waals surface area contributed by atoms with Crippen molar-refractivity contribution < 1.29 is 64.2 Å². The van der Waals surface area contributed by atoms with Gasteiger partial charge in [-0.25, -0.2) is 0 Å². The van der Waals surface area contributed by atoms with Gasteiger partial charge in [-0.3, -0.25) is 4.79 Å². The summed E-state index contributed by atoms with van der Waals surface area (Å²) in [4.78, 5) is 11.8. The van der Waals surface area contributed by atoms with Crippen LogP contribution in [0.5, 0.6) is 0 Å². The lowest BCUT2D eigenvalue weighted by molar-refractivity contribution is -0.356. The van der Waals surface area contributed by atoms with Crippen molar-refractivity contribution in [1.29, 1.82) is 0 Å². The first kappa shape index (κ1) is 34.0. The molecule has 1 aliphatic rings. The predicted octanol–water partition coefficient (Wildman–Crippen LogP) is -4.13. The number of aliphatic hydroxyl groups excluding tert-OH is 7. The minimum atomic E-state index is -1.93. The van der Waals surface area contributed by atoms with Crippen LogP contribution in [0, 0.1) is 0 Å². The summed E-state index contributed by atoms with van der Waals surface area (Å²) < 4.78 is 27.2. The fourth-order valence-corrected chi connectivity index (χ4v) is 3.39. The molecule has 15 heteroatoms. The number of ether oxygens (including phenoxy) is 5. The van der Waals surface area contributed by atoms with Crippen molar-refractivity contribution in [2.24, 2.45) is 5.73 Å². The van der Waals surface area contributed by atoms with E-state index in [2.05, 4.69) is 5.32 Å². The van der Waals surface area contributed by atoms with Gasteiger partial charge in [0, 0.05) is 13.0 Å². The summed E-state index contributed by atoms with van der Waals surface area (Å²) in [5, 5.41) is 71.9. The van der Waals surface area contributed by atoms with Gasteiger partial charge in [-0.2, -0.15) is 0 Å². The van der Waals surface area contributed by atoms with E-state index < -0.39 is 81.4 Å². The standard InChI is InChI=1S/C22H44N2O13/c1-12(2)34-21(15(11-27)33-8-7-24-16(28)5-3-4-6-23)36-14(10-26)20(32)37-22-19(31)18(30)17(29)13(9-25)35-22/h12-15,17-22,25-27,29-32H,3-11,23H2,1-2H3,(H,24,28)/t13?,14?,15?,17?,18?,19?,20-,21-,22?/m1/s1. The second-order valence-electron chi connectivity index (χ2n) is 8.82. The molecule has 9 atom stereocenters. The molecule has 1 saturated heterocycles. The third kappa shape index (κ3) is 11.7. The maximum absolute atomic E-state index is 11.8. The summed E-state index contributed by atoms with van der Waals surface area (Å²) in [5.41, 5.74) is 5.40. The van der Waals surface area contributed by atoms with Crippen molar-refractivity contribution in [3.05, 3.63) is 0 Å². The third-order valence-corrected chi connectivity index (χ3v) is 5.43. The molecular formula is C22H44N2O13. The van der Waals surface area contributed by atoms with Gasteiger partial charge in [0.15, 0.2) is 18.9 Å². The van der Waals surface area contributed by atoms with Crippen LogP contribution in [0.4, 0.5) is 0 Å². The minimum absolute atomic E-state index is 0.00286. The Morgan fingerprint density at radius 1 is 1.00 bits per heavy atom. The Hall–Kier alpha value is -1.05. The van der Waals surface area contributed by atoms with E-state index in [0.717, 1.165) is 6.42 Å². The van der Waals surface area contributed by atoms with Gasteiger partial charge < -0.3 is 70.5 Å². The maximum atomic E-state index is 11.8. The van der Waals surface area contributed by atoms with Crippen LogP contribution < -0.4 is 11.1 Å². The first-order chi connectivity index (χ1) is 17.6. The Bertz CT molecular complexity index is 615. The van der Waals surface area contributed by atoms with Crippen molar-refractivity contribution in [3.8, 4) is 0 Å². The van der Waals surface area contributed by atoms with E-state index in [1.165, 1.54) is 0 Å². The number of unbranched alkanes of at least 4 members (excludes halogenated alkanes) is 1. The molecule has 0 aromatic carbocycles. The number of hydrogen-bond acceptors (Lipinski definition) is 14. The summed E-state index contributed by atoms with van der Waals surface area (Å²) in [6.07, 6.45) is -12.6. The highest BCUT2D eigenvalue weighted by Crippen LogP contribution is 2.24. The molecule has 1 aliphatic heterocycles. The third-order valence-electron chi connectivity index (χ3n) is 5.43. The molecule has 7 unspecified atom stereocenters. The van der Waals surface area contributed by atoms with E-state index in [-0.39, 0.29) is 19.1 Å². The minimum Gasteiger partial charge on any atom is -0.394 e. The van der Waals surface area contributed by atoms with Crippen LogP contribution in [-0.2, 0) is 28.5 Å². The summed E-state index contributed by atoms with van der Waals surface area (Å²) >= 11 is 0. The number of amides is 1. The van der Waals surface area contributed by atoms with Gasteiger partial charge in [0.05, 0.1) is 32.5 Å². The molecule has 37 heavy (non-hydrogen) atoms. The first-order valence-electron chi connectivity index (χ1n) is 12.3. The van der Waals surface area contributed by atoms with E-state index in [4.69, 9.17) is 29.4 Å². The highest BCUT2D eigenvalue weighted by Gasteiger charge is 2.45. The molecule has 0 aromatic heterocycles. The van der Waals surface area contributed by atoms with E-state index in [1.807, 2.05) is 0 Å². The number of nitrogens with one attached hydrogen (secondary N) is 1. The number of carbonyl (C=O) groups is 1. The molecule has 0 aliphatic carbocycles. The van der Waals surface area contributed by atoms with Crippen LogP contribution >= 0.6 is 0 Å². The van der Waals surface area contributed by atoms with Gasteiger partial charge >= 0.3 is 0 Å². The molecule has 1 heterocycles. The smallest absolute Gasteiger partial charge is 0.220 e. The van der Waals surface area contributed by atoms with Gasteiger partial charge in [-0.15, -0.1) is 0 Å². The summed E-state index contributed by atoms with van der Waals surface area (Å²) in [5.74, 6) is -0.169. The van der Waals surface area contributed by atoms with Crippen LogP contribution in [0.3, 0.4) is 0 Å². The van der Waals surface area contributed by atoms with Gasteiger partial charge in [-0.05, 0) is 33.2 Å². The Morgan fingerprint density at radius 2 is 1.68 bits per heavy atom. The lowest BCUT2D eigenvalue weighted by Gasteiger charge is -2.41. The van der Waals surface area contributed by atoms with Crippen LogP contribution in [0.25, 0.3) is 0 Å². The van der Waals surface area contributed by atoms with Gasteiger partial charge in [0.1, 0.15) is 36.6 Å². The SMILES string of the molecule is CC(C)O[C@H](OC(CO)[C@H](O)OC1OC(CO)C(O)C(O)C1O)C(CO)OCCNC(=O)CCCCN. The fourth-order valence-electron chi connectivity index (χ4n) is 3.39. The Kier molecular flexibility index (Phi) is 16.8. The van der Waals surface area contributed by atoms with Gasteiger partial charge in [0.2, 0.25) is 5.91 Å². The highest BCUT2D eigenvalue weighted by atomic mass is 16.8. The second kappa shape index (κ2) is 18.3. The molecule has 0 aromatic rings. The highest BCUT2D eigenvalue weighted by molar-refractivity contribution is 5.75. The summed E-state index contributed by atoms with van der Waals surface area (Å²) in [7, 11) is 0. The molecular weight excluding hydrogens is 500 g/mol. The number of nitrogens with two attached hydrogens (primary N) is 1. The molecule has 1 rings (SSSR count). The second-order valence-corrected chi connectivity index (χ2v) is 8.82. The number of aliphatic hydroxyl groups is 7. The average molecular weight is 545 g/mol. The quantitative estimate of drug-likeness (QED) is 0.0554. The van der Waals surface area contributed by atoms with E-state index in [9.17, 15) is 40.5 Å². The van der Waals surface area contributed by atoms with E-state index >= 15 is 0 Å². The molecule has 0 saturated carbocycles. The molecule has 0 spiro atoms. The van der Waals surface area contributed by atoms with Crippen LogP contribution in [-0.4, -0.2) is 143 Å². The molecule has 15 nitrogen and oxygen atoms in total. The number of hydrogen-bond donors (Lipinski definition) is 9. The maximum Gasteiger partial charge on any atom is 0.220 e. The average Bonchev–Trinajstić information content (AvgIpc) is 2.86. The normalized spacial score (nSPS) is 27.6. The van der Waals surface area contributed by atoms with Gasteiger partial charge in [-0.1, -0.05) is 0 Å². The first-order valence-corrected chi connectivity index (χ1v) is 12.3. The molecule has 1 fully saturated rings. The molecule has 0 radical (unpaired) electrons. The molecule has 10 N–H and O–H groups in total. The Morgan fingerprint density at radius 3 is 2.24 bits per heavy atom. The summed E-state index contributed by atoms with van der Waals surface area (Å²) in [6.45, 7) is 1.96. The number of carbonyl (C=O) groups excluding carboxylic acids is 1. The molecule has 220 valence electrons. The van der Waals surface area contributed by atoms with Crippen LogP contribution in [0.15, 0.2) is 0 Å². The van der Waals surface area contributed by atoms with Crippen molar-refractivity contribution in [1.82, 2.24) is 5.32 Å². The predicted molar refractivity (Wildman–Crippen MR) is 126 cm³/mol. The number of rotatable bonds is 19. The van der Waals surface area contributed by atoms with Crippen LogP contribution in [0.2, 0.25) is 0 Å². The Balaban J connectivity index is 2.73. The topological polar surface area (TPSA) is 243 Å². The zero-order valence-electron chi connectivity index (χ0n) is 21.3. The lowest BCUT2D eigenvalue weighted by atomic mass is 9.99. The Labute approximate surface area is 216 Å². The monoisotopic (exact) mass is 544 g/mol. The van der Waals surface area contributed by atoms with E-state index in [1.54, 1.807) is 13.8 Å². The summed E-state index contributed by atoms with van der Waals surface area (Å²) in [6, 6.07) is 0. The van der Waals surface area contributed by atoms with E-state index in [0.29, 0.717) is 19.4 Å². The lowest BCUT2D eigenvalue weighted by Crippen LogP contribution is -2.60. The molecule has 0 bridgehead atoms.